The van der Waals surface area contributed by atoms with Crippen molar-refractivity contribution in [3.05, 3.63) is 23.9 Å². The van der Waals surface area contributed by atoms with Gasteiger partial charge in [-0.2, -0.15) is 0 Å². The van der Waals surface area contributed by atoms with E-state index in [-0.39, 0.29) is 5.91 Å². The van der Waals surface area contributed by atoms with Crippen LogP contribution in [0.2, 0.25) is 0 Å². The average Bonchev–Trinajstić information content (AvgIpc) is 2.96. The quantitative estimate of drug-likeness (QED) is 0.812. The second-order valence-electron chi connectivity index (χ2n) is 5.82. The van der Waals surface area contributed by atoms with Crippen molar-refractivity contribution in [1.82, 2.24) is 10.3 Å². The molecular weight excluding hydrogens is 250 g/mol. The molecule has 0 spiro atoms. The minimum atomic E-state index is -0.0202. The monoisotopic (exact) mass is 275 g/mol. The largest absolute Gasteiger partial charge is 0.362 e. The van der Waals surface area contributed by atoms with Gasteiger partial charge in [-0.15, -0.1) is 0 Å². The van der Waals surface area contributed by atoms with Crippen molar-refractivity contribution in [2.45, 2.75) is 38.5 Å². The first kappa shape index (κ1) is 14.8. The fourth-order valence-electron chi connectivity index (χ4n) is 2.92. The Morgan fingerprint density at radius 1 is 1.40 bits per heavy atom. The maximum atomic E-state index is 12.2. The van der Waals surface area contributed by atoms with E-state index in [2.05, 4.69) is 10.3 Å². The summed E-state index contributed by atoms with van der Waals surface area (Å²) in [5.74, 6) is 1.59. The third kappa shape index (κ3) is 3.95. The number of carbonyl (C=O) groups is 1. The van der Waals surface area contributed by atoms with E-state index in [0.717, 1.165) is 24.7 Å². The van der Waals surface area contributed by atoms with Gasteiger partial charge in [0.05, 0.1) is 5.56 Å². The van der Waals surface area contributed by atoms with Gasteiger partial charge < -0.3 is 10.2 Å². The van der Waals surface area contributed by atoms with Gasteiger partial charge in [0.15, 0.2) is 0 Å². The topological polar surface area (TPSA) is 45.2 Å². The van der Waals surface area contributed by atoms with Crippen LogP contribution >= 0.6 is 0 Å². The molecule has 0 saturated heterocycles. The van der Waals surface area contributed by atoms with Crippen molar-refractivity contribution in [1.29, 1.82) is 0 Å². The molecule has 1 amide bonds. The predicted molar refractivity (Wildman–Crippen MR) is 82.1 cm³/mol. The van der Waals surface area contributed by atoms with Crippen LogP contribution in [0.5, 0.6) is 0 Å². The Balaban J connectivity index is 1.79. The Bertz CT molecular complexity index is 439. The van der Waals surface area contributed by atoms with Crippen LogP contribution in [0.3, 0.4) is 0 Å². The highest BCUT2D eigenvalue weighted by molar-refractivity contribution is 5.98. The molecule has 1 N–H and O–H groups in total. The standard InChI is InChI=1S/C16H25N3O/c1-19(2)15-14(10-6-11-17-15)16(20)18-12-5-9-13-7-3-4-8-13/h6,10-11,13H,3-5,7-9,12H2,1-2H3,(H,18,20). The second-order valence-corrected chi connectivity index (χ2v) is 5.82. The molecule has 1 aliphatic rings. The summed E-state index contributed by atoms with van der Waals surface area (Å²) < 4.78 is 0. The number of pyridine rings is 1. The number of anilines is 1. The van der Waals surface area contributed by atoms with E-state index in [9.17, 15) is 4.79 Å². The Hall–Kier alpha value is -1.58. The number of nitrogens with zero attached hydrogens (tertiary/aromatic N) is 2. The third-order valence-electron chi connectivity index (χ3n) is 4.00. The zero-order valence-electron chi connectivity index (χ0n) is 12.6. The fourth-order valence-corrected chi connectivity index (χ4v) is 2.92. The molecule has 1 aliphatic carbocycles. The van der Waals surface area contributed by atoms with Crippen molar-refractivity contribution in [3.8, 4) is 0 Å². The smallest absolute Gasteiger partial charge is 0.255 e. The van der Waals surface area contributed by atoms with Gasteiger partial charge in [-0.3, -0.25) is 4.79 Å². The summed E-state index contributed by atoms with van der Waals surface area (Å²) >= 11 is 0. The van der Waals surface area contributed by atoms with Crippen LogP contribution in [-0.2, 0) is 0 Å². The van der Waals surface area contributed by atoms with Crippen molar-refractivity contribution >= 4 is 11.7 Å². The fraction of sp³-hybridized carbons (Fsp3) is 0.625. The lowest BCUT2D eigenvalue weighted by Crippen LogP contribution is -2.27. The number of amides is 1. The van der Waals surface area contributed by atoms with Crippen LogP contribution in [0.15, 0.2) is 18.3 Å². The SMILES string of the molecule is CN(C)c1ncccc1C(=O)NCCCC1CCCC1. The lowest BCUT2D eigenvalue weighted by molar-refractivity contribution is 0.0952. The summed E-state index contributed by atoms with van der Waals surface area (Å²) in [6, 6.07) is 3.63. The van der Waals surface area contributed by atoms with Crippen LogP contribution in [0, 0.1) is 5.92 Å². The molecule has 4 heteroatoms. The number of aromatic nitrogens is 1. The molecule has 0 unspecified atom stereocenters. The third-order valence-corrected chi connectivity index (χ3v) is 4.00. The molecule has 1 aromatic rings. The zero-order chi connectivity index (χ0) is 14.4. The van der Waals surface area contributed by atoms with E-state index in [0.29, 0.717) is 5.56 Å². The average molecular weight is 275 g/mol. The van der Waals surface area contributed by atoms with Gasteiger partial charge in [-0.1, -0.05) is 25.7 Å². The van der Waals surface area contributed by atoms with Crippen molar-refractivity contribution in [2.24, 2.45) is 5.92 Å². The molecule has 0 aromatic carbocycles. The first-order chi connectivity index (χ1) is 9.68. The van der Waals surface area contributed by atoms with E-state index in [1.54, 1.807) is 12.3 Å². The Kier molecular flexibility index (Phi) is 5.39. The van der Waals surface area contributed by atoms with Crippen LogP contribution in [-0.4, -0.2) is 31.5 Å². The lowest BCUT2D eigenvalue weighted by Gasteiger charge is -2.15. The van der Waals surface area contributed by atoms with E-state index in [4.69, 9.17) is 0 Å². The van der Waals surface area contributed by atoms with E-state index < -0.39 is 0 Å². The summed E-state index contributed by atoms with van der Waals surface area (Å²) in [4.78, 5) is 18.3. The van der Waals surface area contributed by atoms with Gasteiger partial charge in [0, 0.05) is 26.8 Å². The van der Waals surface area contributed by atoms with Crippen LogP contribution in [0.4, 0.5) is 5.82 Å². The van der Waals surface area contributed by atoms with E-state index in [1.165, 1.54) is 32.1 Å². The summed E-state index contributed by atoms with van der Waals surface area (Å²) in [5, 5.41) is 3.01. The highest BCUT2D eigenvalue weighted by Crippen LogP contribution is 2.28. The van der Waals surface area contributed by atoms with Crippen LogP contribution < -0.4 is 10.2 Å². The van der Waals surface area contributed by atoms with Gasteiger partial charge in [0.2, 0.25) is 0 Å². The van der Waals surface area contributed by atoms with Crippen molar-refractivity contribution in [2.75, 3.05) is 25.5 Å². The molecule has 0 bridgehead atoms. The molecule has 0 aliphatic heterocycles. The highest BCUT2D eigenvalue weighted by atomic mass is 16.1. The first-order valence-electron chi connectivity index (χ1n) is 7.59. The van der Waals surface area contributed by atoms with Gasteiger partial charge >= 0.3 is 0 Å². The first-order valence-corrected chi connectivity index (χ1v) is 7.59. The molecule has 1 fully saturated rings. The molecule has 1 aromatic heterocycles. The molecule has 0 atom stereocenters. The molecule has 1 heterocycles. The van der Waals surface area contributed by atoms with Crippen LogP contribution in [0.1, 0.15) is 48.9 Å². The van der Waals surface area contributed by atoms with Crippen LogP contribution in [0.25, 0.3) is 0 Å². The normalized spacial score (nSPS) is 15.3. The molecule has 0 radical (unpaired) electrons. The van der Waals surface area contributed by atoms with E-state index in [1.807, 2.05) is 25.1 Å². The summed E-state index contributed by atoms with van der Waals surface area (Å²) in [7, 11) is 3.80. The Labute approximate surface area is 121 Å². The minimum Gasteiger partial charge on any atom is -0.362 e. The summed E-state index contributed by atoms with van der Waals surface area (Å²) in [6.45, 7) is 0.761. The zero-order valence-corrected chi connectivity index (χ0v) is 12.6. The molecule has 1 saturated carbocycles. The second kappa shape index (κ2) is 7.27. The number of rotatable bonds is 6. The molecule has 4 nitrogen and oxygen atoms in total. The van der Waals surface area contributed by atoms with E-state index >= 15 is 0 Å². The van der Waals surface area contributed by atoms with Gasteiger partial charge in [0.25, 0.3) is 5.91 Å². The van der Waals surface area contributed by atoms with Crippen molar-refractivity contribution in [3.63, 3.8) is 0 Å². The minimum absolute atomic E-state index is 0.0202. The van der Waals surface area contributed by atoms with Crippen molar-refractivity contribution < 1.29 is 4.79 Å². The predicted octanol–water partition coefficient (Wildman–Crippen LogP) is 2.85. The van der Waals surface area contributed by atoms with Gasteiger partial charge in [0.1, 0.15) is 5.82 Å². The van der Waals surface area contributed by atoms with Gasteiger partial charge in [-0.25, -0.2) is 4.98 Å². The number of hydrogen-bond acceptors (Lipinski definition) is 3. The number of nitrogens with one attached hydrogen (secondary N) is 1. The molecule has 20 heavy (non-hydrogen) atoms. The molecule has 2 rings (SSSR count). The maximum Gasteiger partial charge on any atom is 0.255 e. The summed E-state index contributed by atoms with van der Waals surface area (Å²) in [6.07, 6.45) is 9.56. The Morgan fingerprint density at radius 3 is 2.85 bits per heavy atom. The number of carbonyl (C=O) groups excluding carboxylic acids is 1. The summed E-state index contributed by atoms with van der Waals surface area (Å²) in [5.41, 5.74) is 0.651. The lowest BCUT2D eigenvalue weighted by atomic mass is 10.0. The molecular formula is C16H25N3O. The highest BCUT2D eigenvalue weighted by Gasteiger charge is 2.15. The molecule has 110 valence electrons. The Morgan fingerprint density at radius 2 is 2.15 bits per heavy atom. The maximum absolute atomic E-state index is 12.2. The van der Waals surface area contributed by atoms with Gasteiger partial charge in [-0.05, 0) is 30.9 Å². The number of hydrogen-bond donors (Lipinski definition) is 1.